The minimum Gasteiger partial charge on any atom is -0.457 e. The van der Waals surface area contributed by atoms with E-state index in [0.29, 0.717) is 5.92 Å². The summed E-state index contributed by atoms with van der Waals surface area (Å²) in [7, 11) is 0. The molecular formula is C43H44N4O. The number of fused-ring (bicyclic) bond motifs is 3. The Labute approximate surface area is 283 Å². The fraction of sp³-hybridized carbons (Fsp3) is 0.256. The van der Waals surface area contributed by atoms with Gasteiger partial charge in [-0.05, 0) is 96.3 Å². The van der Waals surface area contributed by atoms with Crippen molar-refractivity contribution in [3.8, 4) is 34.1 Å². The van der Waals surface area contributed by atoms with Crippen molar-refractivity contribution in [2.75, 3.05) is 0 Å². The third-order valence-electron chi connectivity index (χ3n) is 9.77. The van der Waals surface area contributed by atoms with Crippen molar-refractivity contribution in [1.29, 1.82) is 0 Å². The van der Waals surface area contributed by atoms with Gasteiger partial charge >= 0.3 is 0 Å². The van der Waals surface area contributed by atoms with Crippen LogP contribution in [-0.2, 0) is 12.8 Å². The quantitative estimate of drug-likeness (QED) is 0.167. The lowest BCUT2D eigenvalue weighted by molar-refractivity contribution is 0.340. The van der Waals surface area contributed by atoms with Crippen molar-refractivity contribution < 1.29 is 4.74 Å². The van der Waals surface area contributed by atoms with E-state index in [1.165, 1.54) is 38.7 Å². The van der Waals surface area contributed by atoms with Crippen LogP contribution in [0.3, 0.4) is 0 Å². The number of nitrogens with zero attached hydrogens (tertiary/aromatic N) is 4. The highest BCUT2D eigenvalue weighted by Crippen LogP contribution is 2.40. The number of pyridine rings is 1. The van der Waals surface area contributed by atoms with Crippen LogP contribution >= 0.6 is 0 Å². The van der Waals surface area contributed by atoms with Gasteiger partial charge in [0, 0.05) is 34.7 Å². The van der Waals surface area contributed by atoms with Crippen LogP contribution in [0.4, 0.5) is 0 Å². The predicted molar refractivity (Wildman–Crippen MR) is 199 cm³/mol. The topological polar surface area (TPSA) is 44.9 Å². The second kappa shape index (κ2) is 12.5. The molecule has 0 aliphatic heterocycles. The Kier molecular flexibility index (Phi) is 8.16. The Balaban J connectivity index is 1.32. The highest BCUT2D eigenvalue weighted by Gasteiger charge is 2.24. The van der Waals surface area contributed by atoms with Gasteiger partial charge in [0.15, 0.2) is 0 Å². The molecule has 0 aliphatic rings. The molecule has 242 valence electrons. The number of ether oxygens (including phenoxy) is 1. The molecule has 0 fully saturated rings. The summed E-state index contributed by atoms with van der Waals surface area (Å²) in [6.07, 6.45) is 3.62. The summed E-state index contributed by atoms with van der Waals surface area (Å²) < 4.78 is 11.0. The van der Waals surface area contributed by atoms with Gasteiger partial charge in [-0.15, -0.1) is 0 Å². The van der Waals surface area contributed by atoms with E-state index < -0.39 is 0 Å². The fourth-order valence-corrected chi connectivity index (χ4v) is 6.78. The van der Waals surface area contributed by atoms with Crippen molar-refractivity contribution in [3.05, 3.63) is 132 Å². The van der Waals surface area contributed by atoms with Crippen LogP contribution < -0.4 is 4.74 Å². The Morgan fingerprint density at radius 1 is 0.750 bits per heavy atom. The Morgan fingerprint density at radius 2 is 1.54 bits per heavy atom. The van der Waals surface area contributed by atoms with Gasteiger partial charge < -0.3 is 4.74 Å². The summed E-state index contributed by atoms with van der Waals surface area (Å²) in [6, 6.07) is 36.3. The van der Waals surface area contributed by atoms with Crippen LogP contribution in [0.25, 0.3) is 44.4 Å². The first-order valence-corrected chi connectivity index (χ1v) is 17.1. The third kappa shape index (κ3) is 5.68. The SMILES string of the molecule is CCc1nn(-c2cccc(Oc3ccc4c5cc(C(C)C(C)(C)C)ccc5n(-c5cc(C)ccn5)c4c3)c2)c(CC)c1-c1ccccc1. The average molecular weight is 633 g/mol. The maximum Gasteiger partial charge on any atom is 0.137 e. The molecule has 3 aromatic heterocycles. The maximum absolute atomic E-state index is 6.61. The average Bonchev–Trinajstić information content (AvgIpc) is 3.63. The first-order chi connectivity index (χ1) is 23.2. The van der Waals surface area contributed by atoms with E-state index in [1.807, 2.05) is 24.4 Å². The van der Waals surface area contributed by atoms with E-state index in [4.69, 9.17) is 14.8 Å². The lowest BCUT2D eigenvalue weighted by Crippen LogP contribution is -2.15. The molecule has 0 aliphatic carbocycles. The standard InChI is InChI=1S/C43H44N4O/c1-8-37-42(30-14-11-10-12-15-30)38(9-2)47(45-37)32-16-13-17-33(26-32)48-34-19-20-35-36-25-31(29(4)43(5,6)7)18-21-39(36)46(40(35)27-34)41-24-28(3)22-23-44-41/h10-27,29H,8-9H2,1-7H3. The zero-order valence-electron chi connectivity index (χ0n) is 29.1. The summed E-state index contributed by atoms with van der Waals surface area (Å²) in [6.45, 7) is 15.7. The summed E-state index contributed by atoms with van der Waals surface area (Å²) in [5.74, 6) is 2.85. The van der Waals surface area contributed by atoms with E-state index in [1.54, 1.807) is 0 Å². The molecule has 0 saturated carbocycles. The largest absolute Gasteiger partial charge is 0.457 e. The molecule has 48 heavy (non-hydrogen) atoms. The smallest absolute Gasteiger partial charge is 0.137 e. The van der Waals surface area contributed by atoms with Crippen molar-refractivity contribution >= 4 is 21.8 Å². The van der Waals surface area contributed by atoms with Gasteiger partial charge in [0.1, 0.15) is 17.3 Å². The molecule has 4 aromatic carbocycles. The number of rotatable bonds is 8. The van der Waals surface area contributed by atoms with Gasteiger partial charge in [-0.3, -0.25) is 4.57 Å². The summed E-state index contributed by atoms with van der Waals surface area (Å²) in [4.78, 5) is 4.80. The second-order valence-corrected chi connectivity index (χ2v) is 13.9. The van der Waals surface area contributed by atoms with Gasteiger partial charge in [-0.1, -0.05) is 84.0 Å². The second-order valence-electron chi connectivity index (χ2n) is 13.9. The molecule has 1 unspecified atom stereocenters. The zero-order chi connectivity index (χ0) is 33.6. The van der Waals surface area contributed by atoms with Gasteiger partial charge in [-0.25, -0.2) is 9.67 Å². The zero-order valence-corrected chi connectivity index (χ0v) is 29.1. The lowest BCUT2D eigenvalue weighted by atomic mass is 9.77. The van der Waals surface area contributed by atoms with E-state index in [9.17, 15) is 0 Å². The molecule has 0 N–H and O–H groups in total. The monoisotopic (exact) mass is 632 g/mol. The van der Waals surface area contributed by atoms with E-state index >= 15 is 0 Å². The fourth-order valence-electron chi connectivity index (χ4n) is 6.78. The van der Waals surface area contributed by atoms with Gasteiger partial charge in [0.2, 0.25) is 0 Å². The first kappa shape index (κ1) is 31.4. The molecule has 7 rings (SSSR count). The molecule has 0 radical (unpaired) electrons. The first-order valence-electron chi connectivity index (χ1n) is 17.1. The molecule has 0 saturated heterocycles. The van der Waals surface area contributed by atoms with Gasteiger partial charge in [0.05, 0.1) is 28.1 Å². The number of hydrogen-bond acceptors (Lipinski definition) is 3. The number of aryl methyl sites for hydroxylation is 2. The summed E-state index contributed by atoms with van der Waals surface area (Å²) in [5, 5.41) is 7.50. The molecular weight excluding hydrogens is 589 g/mol. The third-order valence-corrected chi connectivity index (χ3v) is 9.77. The van der Waals surface area contributed by atoms with Crippen LogP contribution in [0.1, 0.15) is 70.0 Å². The van der Waals surface area contributed by atoms with Crippen LogP contribution in [-0.4, -0.2) is 19.3 Å². The molecule has 7 aromatic rings. The molecule has 5 heteroatoms. The van der Waals surface area contributed by atoms with Crippen molar-refractivity contribution in [3.63, 3.8) is 0 Å². The van der Waals surface area contributed by atoms with Crippen molar-refractivity contribution in [2.45, 2.75) is 67.2 Å². The Bertz CT molecular complexity index is 2250. The number of benzene rings is 4. The Morgan fingerprint density at radius 3 is 2.27 bits per heavy atom. The van der Waals surface area contributed by atoms with Crippen LogP contribution in [0.5, 0.6) is 11.5 Å². The van der Waals surface area contributed by atoms with E-state index in [0.717, 1.165) is 52.6 Å². The molecule has 0 bridgehead atoms. The predicted octanol–water partition coefficient (Wildman–Crippen LogP) is 11.4. The van der Waals surface area contributed by atoms with E-state index in [2.05, 4.69) is 143 Å². The van der Waals surface area contributed by atoms with Crippen molar-refractivity contribution in [2.24, 2.45) is 5.41 Å². The van der Waals surface area contributed by atoms with Crippen LogP contribution in [0.15, 0.2) is 109 Å². The van der Waals surface area contributed by atoms with Gasteiger partial charge in [0.25, 0.3) is 0 Å². The molecule has 0 amide bonds. The lowest BCUT2D eigenvalue weighted by Gasteiger charge is -2.27. The minimum atomic E-state index is 0.162. The van der Waals surface area contributed by atoms with Gasteiger partial charge in [-0.2, -0.15) is 5.10 Å². The highest BCUT2D eigenvalue weighted by molar-refractivity contribution is 6.09. The Hall–Kier alpha value is -5.16. The molecule has 0 spiro atoms. The minimum absolute atomic E-state index is 0.162. The normalized spacial score (nSPS) is 12.6. The maximum atomic E-state index is 6.61. The summed E-state index contributed by atoms with van der Waals surface area (Å²) in [5.41, 5.74) is 10.6. The highest BCUT2D eigenvalue weighted by atomic mass is 16.5. The number of hydrogen-bond donors (Lipinski definition) is 0. The number of aromatic nitrogens is 4. The molecule has 5 nitrogen and oxygen atoms in total. The van der Waals surface area contributed by atoms with Crippen LogP contribution in [0.2, 0.25) is 0 Å². The van der Waals surface area contributed by atoms with Crippen molar-refractivity contribution in [1.82, 2.24) is 19.3 Å². The molecule has 3 heterocycles. The van der Waals surface area contributed by atoms with Crippen LogP contribution in [0, 0.1) is 12.3 Å². The summed E-state index contributed by atoms with van der Waals surface area (Å²) >= 11 is 0. The van der Waals surface area contributed by atoms with E-state index in [-0.39, 0.29) is 5.41 Å². The molecule has 1 atom stereocenters.